The molecule has 2 heterocycles. The van der Waals surface area contributed by atoms with Crippen molar-refractivity contribution in [2.45, 2.75) is 78.2 Å². The SMILES string of the molecule is CC(C)(C)OC(=O)NCc1cc2cc(B3OC(C)(C)C(C)(C)O3)cc(OC(F)(F)F)c2o1. The van der Waals surface area contributed by atoms with Crippen LogP contribution in [0.3, 0.4) is 0 Å². The van der Waals surface area contributed by atoms with Crippen LogP contribution in [-0.2, 0) is 20.6 Å². The number of ether oxygens (including phenoxy) is 2. The van der Waals surface area contributed by atoms with E-state index in [-0.39, 0.29) is 17.9 Å². The summed E-state index contributed by atoms with van der Waals surface area (Å²) in [6.07, 6.45) is -5.61. The number of halogens is 3. The number of rotatable bonds is 4. The summed E-state index contributed by atoms with van der Waals surface area (Å²) < 4.78 is 65.9. The maximum atomic E-state index is 13.0. The molecule has 0 saturated carbocycles. The minimum atomic E-state index is -4.93. The molecular formula is C21H27BF3NO6. The van der Waals surface area contributed by atoms with Crippen molar-refractivity contribution in [2.24, 2.45) is 0 Å². The highest BCUT2D eigenvalue weighted by molar-refractivity contribution is 6.62. The zero-order chi connectivity index (χ0) is 24.1. The van der Waals surface area contributed by atoms with Crippen LogP contribution >= 0.6 is 0 Å². The van der Waals surface area contributed by atoms with Crippen LogP contribution in [0.4, 0.5) is 18.0 Å². The lowest BCUT2D eigenvalue weighted by Gasteiger charge is -2.32. The van der Waals surface area contributed by atoms with Gasteiger partial charge in [-0.2, -0.15) is 0 Å². The summed E-state index contributed by atoms with van der Waals surface area (Å²) >= 11 is 0. The topological polar surface area (TPSA) is 79.2 Å². The molecule has 0 spiro atoms. The summed E-state index contributed by atoms with van der Waals surface area (Å²) in [6.45, 7) is 12.4. The molecule has 2 aromatic rings. The predicted octanol–water partition coefficient (Wildman–Crippen LogP) is 4.66. The number of nitrogens with one attached hydrogen (secondary N) is 1. The Balaban J connectivity index is 1.92. The number of hydrogen-bond acceptors (Lipinski definition) is 6. The summed E-state index contributed by atoms with van der Waals surface area (Å²) in [6, 6.07) is 4.32. The molecule has 1 aromatic heterocycles. The first-order chi connectivity index (χ1) is 14.5. The van der Waals surface area contributed by atoms with Crippen molar-refractivity contribution in [3.05, 3.63) is 24.0 Å². The van der Waals surface area contributed by atoms with Gasteiger partial charge in [0, 0.05) is 5.39 Å². The van der Waals surface area contributed by atoms with Gasteiger partial charge in [-0.1, -0.05) is 6.07 Å². The van der Waals surface area contributed by atoms with E-state index in [0.29, 0.717) is 10.8 Å². The summed E-state index contributed by atoms with van der Waals surface area (Å²) in [5.41, 5.74) is -1.79. The van der Waals surface area contributed by atoms with E-state index < -0.39 is 42.1 Å². The van der Waals surface area contributed by atoms with Gasteiger partial charge in [0.05, 0.1) is 17.7 Å². The van der Waals surface area contributed by atoms with Crippen LogP contribution in [-0.4, -0.2) is 36.4 Å². The largest absolute Gasteiger partial charge is 0.573 e. The highest BCUT2D eigenvalue weighted by Crippen LogP contribution is 2.38. The number of alkyl carbamates (subject to hydrolysis) is 1. The van der Waals surface area contributed by atoms with E-state index in [1.807, 2.05) is 27.7 Å². The fraction of sp³-hybridized carbons (Fsp3) is 0.571. The Hall–Kier alpha value is -2.40. The van der Waals surface area contributed by atoms with E-state index in [0.717, 1.165) is 0 Å². The molecule has 1 aromatic carbocycles. The van der Waals surface area contributed by atoms with Gasteiger partial charge in [0.25, 0.3) is 0 Å². The van der Waals surface area contributed by atoms with E-state index in [4.69, 9.17) is 18.5 Å². The lowest BCUT2D eigenvalue weighted by atomic mass is 9.78. The Morgan fingerprint density at radius 1 is 1.06 bits per heavy atom. The Kier molecular flexibility index (Phi) is 5.97. The second-order valence-corrected chi connectivity index (χ2v) is 9.64. The Labute approximate surface area is 184 Å². The Bertz CT molecular complexity index is 993. The van der Waals surface area contributed by atoms with Gasteiger partial charge in [0.1, 0.15) is 11.4 Å². The number of carbonyl (C=O) groups is 1. The molecule has 0 radical (unpaired) electrons. The molecule has 0 bridgehead atoms. The molecule has 0 atom stereocenters. The molecule has 176 valence electrons. The molecule has 32 heavy (non-hydrogen) atoms. The summed E-state index contributed by atoms with van der Waals surface area (Å²) in [5.74, 6) is -0.299. The van der Waals surface area contributed by atoms with E-state index in [2.05, 4.69) is 10.1 Å². The van der Waals surface area contributed by atoms with Gasteiger partial charge in [-0.3, -0.25) is 0 Å². The molecule has 11 heteroatoms. The van der Waals surface area contributed by atoms with Gasteiger partial charge in [-0.15, -0.1) is 13.2 Å². The van der Waals surface area contributed by atoms with Crippen LogP contribution in [0.25, 0.3) is 11.0 Å². The third-order valence-electron chi connectivity index (χ3n) is 5.21. The molecule has 0 unspecified atom stereocenters. The van der Waals surface area contributed by atoms with Crippen LogP contribution in [0, 0.1) is 0 Å². The fourth-order valence-electron chi connectivity index (χ4n) is 3.07. The maximum Gasteiger partial charge on any atom is 0.573 e. The average Bonchev–Trinajstić information content (AvgIpc) is 3.08. The van der Waals surface area contributed by atoms with Gasteiger partial charge >= 0.3 is 19.6 Å². The second-order valence-electron chi connectivity index (χ2n) is 9.64. The van der Waals surface area contributed by atoms with Gasteiger partial charge < -0.3 is 28.5 Å². The Morgan fingerprint density at radius 3 is 2.19 bits per heavy atom. The number of alkyl halides is 3. The van der Waals surface area contributed by atoms with E-state index in [1.54, 1.807) is 26.8 Å². The number of furan rings is 1. The van der Waals surface area contributed by atoms with Gasteiger partial charge in [0.2, 0.25) is 0 Å². The molecule has 7 nitrogen and oxygen atoms in total. The highest BCUT2D eigenvalue weighted by Gasteiger charge is 2.52. The van der Waals surface area contributed by atoms with Crippen LogP contribution in [0.15, 0.2) is 22.6 Å². The van der Waals surface area contributed by atoms with Crippen LogP contribution < -0.4 is 15.5 Å². The van der Waals surface area contributed by atoms with Crippen molar-refractivity contribution in [3.8, 4) is 5.75 Å². The molecule has 1 saturated heterocycles. The molecule has 1 aliphatic heterocycles. The smallest absolute Gasteiger partial charge is 0.455 e. The van der Waals surface area contributed by atoms with Crippen molar-refractivity contribution in [3.63, 3.8) is 0 Å². The zero-order valence-corrected chi connectivity index (χ0v) is 19.1. The fourth-order valence-corrected chi connectivity index (χ4v) is 3.07. The van der Waals surface area contributed by atoms with Crippen LogP contribution in [0.1, 0.15) is 54.2 Å². The predicted molar refractivity (Wildman–Crippen MR) is 112 cm³/mol. The summed E-state index contributed by atoms with van der Waals surface area (Å²) in [4.78, 5) is 11.9. The normalized spacial score (nSPS) is 18.1. The van der Waals surface area contributed by atoms with Gasteiger partial charge in [-0.05, 0) is 66.1 Å². The van der Waals surface area contributed by atoms with Crippen molar-refractivity contribution in [1.82, 2.24) is 5.32 Å². The first kappa shape index (κ1) is 24.3. The first-order valence-corrected chi connectivity index (χ1v) is 10.1. The molecule has 0 aliphatic carbocycles. The van der Waals surface area contributed by atoms with Gasteiger partial charge in [-0.25, -0.2) is 4.79 Å². The number of amides is 1. The monoisotopic (exact) mass is 457 g/mol. The molecule has 1 amide bonds. The standard InChI is InChI=1S/C21H27BF3NO6/c1-18(2,3)30-17(27)26-11-14-9-12-8-13(22-31-19(4,5)20(6,7)32-22)10-15(16(12)28-14)29-21(23,24)25/h8-10H,11H2,1-7H3,(H,26,27). The second kappa shape index (κ2) is 7.88. The quantitative estimate of drug-likeness (QED) is 0.674. The molecule has 1 N–H and O–H groups in total. The maximum absolute atomic E-state index is 13.0. The lowest BCUT2D eigenvalue weighted by Crippen LogP contribution is -2.41. The molecule has 1 fully saturated rings. The van der Waals surface area contributed by atoms with Gasteiger partial charge in [0.15, 0.2) is 11.3 Å². The number of hydrogen-bond donors (Lipinski definition) is 1. The third-order valence-corrected chi connectivity index (χ3v) is 5.21. The summed E-state index contributed by atoms with van der Waals surface area (Å²) in [7, 11) is -0.891. The van der Waals surface area contributed by atoms with Crippen molar-refractivity contribution in [2.75, 3.05) is 0 Å². The van der Waals surface area contributed by atoms with E-state index >= 15 is 0 Å². The minimum absolute atomic E-state index is 0.0825. The van der Waals surface area contributed by atoms with E-state index in [9.17, 15) is 18.0 Å². The zero-order valence-electron chi connectivity index (χ0n) is 19.1. The summed E-state index contributed by atoms with van der Waals surface area (Å²) in [5, 5.41) is 2.85. The van der Waals surface area contributed by atoms with E-state index in [1.165, 1.54) is 12.1 Å². The average molecular weight is 457 g/mol. The minimum Gasteiger partial charge on any atom is -0.455 e. The number of fused-ring (bicyclic) bond motifs is 1. The lowest BCUT2D eigenvalue weighted by molar-refractivity contribution is -0.274. The molecule has 3 rings (SSSR count). The van der Waals surface area contributed by atoms with Crippen LogP contribution in [0.5, 0.6) is 5.75 Å². The highest BCUT2D eigenvalue weighted by atomic mass is 19.4. The van der Waals surface area contributed by atoms with Crippen molar-refractivity contribution in [1.29, 1.82) is 0 Å². The van der Waals surface area contributed by atoms with Crippen molar-refractivity contribution < 1.29 is 41.2 Å². The van der Waals surface area contributed by atoms with Crippen molar-refractivity contribution >= 4 is 29.6 Å². The first-order valence-electron chi connectivity index (χ1n) is 10.1. The number of carbonyl (C=O) groups excluding carboxylic acids is 1. The molecule has 1 aliphatic rings. The molecular weight excluding hydrogens is 430 g/mol. The Morgan fingerprint density at radius 2 is 1.66 bits per heavy atom. The van der Waals surface area contributed by atoms with Crippen LogP contribution in [0.2, 0.25) is 0 Å². The number of benzene rings is 1. The third kappa shape index (κ3) is 5.50.